The fourth-order valence-electron chi connectivity index (χ4n) is 2.38. The number of rotatable bonds is 5. The minimum absolute atomic E-state index is 0.0874. The van der Waals surface area contributed by atoms with Gasteiger partial charge in [0.25, 0.3) is 5.56 Å². The van der Waals surface area contributed by atoms with Crippen LogP contribution in [0.15, 0.2) is 46.5 Å². The van der Waals surface area contributed by atoms with Crippen LogP contribution in [0.2, 0.25) is 0 Å². The van der Waals surface area contributed by atoms with Crippen molar-refractivity contribution in [3.8, 4) is 0 Å². The lowest BCUT2D eigenvalue weighted by Crippen LogP contribution is -2.11. The average molecular weight is 313 g/mol. The second-order valence-corrected chi connectivity index (χ2v) is 6.84. The standard InChI is InChI=1S/C17H19N3OS/c1-3-11(2)22-17-19-13(9-16(21)20-17)8-12-10-18-15-7-5-4-6-14(12)15/h4-7,9-11,18H,3,8H2,1-2H3,(H,19,20,21). The van der Waals surface area contributed by atoms with E-state index in [1.54, 1.807) is 17.8 Å². The van der Waals surface area contributed by atoms with Crippen LogP contribution in [-0.2, 0) is 6.42 Å². The molecule has 0 spiro atoms. The fourth-order valence-corrected chi connectivity index (χ4v) is 3.25. The summed E-state index contributed by atoms with van der Waals surface area (Å²) in [6.07, 6.45) is 3.69. The summed E-state index contributed by atoms with van der Waals surface area (Å²) in [6, 6.07) is 9.75. The van der Waals surface area contributed by atoms with E-state index in [9.17, 15) is 4.79 Å². The third-order valence-corrected chi connectivity index (χ3v) is 4.86. The molecule has 2 aromatic heterocycles. The van der Waals surface area contributed by atoms with Crippen LogP contribution >= 0.6 is 11.8 Å². The normalized spacial score (nSPS) is 12.6. The molecule has 4 nitrogen and oxygen atoms in total. The van der Waals surface area contributed by atoms with Gasteiger partial charge in [-0.1, -0.05) is 43.8 Å². The third kappa shape index (κ3) is 3.25. The molecule has 2 N–H and O–H groups in total. The fraction of sp³-hybridized carbons (Fsp3) is 0.294. The van der Waals surface area contributed by atoms with Crippen molar-refractivity contribution in [1.29, 1.82) is 0 Å². The van der Waals surface area contributed by atoms with Gasteiger partial charge in [-0.15, -0.1) is 0 Å². The molecule has 0 saturated heterocycles. The summed E-state index contributed by atoms with van der Waals surface area (Å²) in [6.45, 7) is 4.27. The number of para-hydroxylation sites is 1. The maximum Gasteiger partial charge on any atom is 0.251 e. The number of thioether (sulfide) groups is 1. The number of fused-ring (bicyclic) bond motifs is 1. The van der Waals surface area contributed by atoms with E-state index >= 15 is 0 Å². The van der Waals surface area contributed by atoms with Gasteiger partial charge < -0.3 is 9.97 Å². The maximum atomic E-state index is 11.9. The summed E-state index contributed by atoms with van der Waals surface area (Å²) in [5.74, 6) is 0. The van der Waals surface area contributed by atoms with Crippen LogP contribution in [0.1, 0.15) is 31.5 Å². The Labute approximate surface area is 133 Å². The first-order chi connectivity index (χ1) is 10.7. The lowest BCUT2D eigenvalue weighted by Gasteiger charge is -2.08. The van der Waals surface area contributed by atoms with E-state index in [0.717, 1.165) is 23.2 Å². The summed E-state index contributed by atoms with van der Waals surface area (Å²) in [4.78, 5) is 22.5. The molecule has 0 saturated carbocycles. The Kier molecular flexibility index (Phi) is 4.34. The molecule has 3 rings (SSSR count). The number of nitrogens with zero attached hydrogens (tertiary/aromatic N) is 1. The van der Waals surface area contributed by atoms with Crippen LogP contribution in [0.3, 0.4) is 0 Å². The first kappa shape index (κ1) is 14.9. The molecule has 22 heavy (non-hydrogen) atoms. The molecule has 1 atom stereocenters. The van der Waals surface area contributed by atoms with Crippen molar-refractivity contribution in [3.63, 3.8) is 0 Å². The van der Waals surface area contributed by atoms with Gasteiger partial charge in [-0.05, 0) is 18.1 Å². The SMILES string of the molecule is CCC(C)Sc1nc(Cc2c[nH]c3ccccc23)cc(=O)[nH]1. The largest absolute Gasteiger partial charge is 0.361 e. The molecule has 0 aliphatic heterocycles. The van der Waals surface area contributed by atoms with E-state index in [2.05, 4.69) is 34.9 Å². The van der Waals surface area contributed by atoms with Crippen LogP contribution in [0.4, 0.5) is 0 Å². The van der Waals surface area contributed by atoms with Gasteiger partial charge in [-0.2, -0.15) is 0 Å². The van der Waals surface area contributed by atoms with Crippen molar-refractivity contribution >= 4 is 22.7 Å². The van der Waals surface area contributed by atoms with E-state index in [0.29, 0.717) is 16.8 Å². The molecule has 2 heterocycles. The third-order valence-electron chi connectivity index (χ3n) is 3.71. The first-order valence-electron chi connectivity index (χ1n) is 7.47. The Hall–Kier alpha value is -2.01. The van der Waals surface area contributed by atoms with Crippen molar-refractivity contribution in [2.45, 2.75) is 37.1 Å². The molecule has 114 valence electrons. The molecule has 0 aliphatic carbocycles. The lowest BCUT2D eigenvalue weighted by molar-refractivity contribution is 0.854. The molecule has 0 fully saturated rings. The monoisotopic (exact) mass is 313 g/mol. The zero-order valence-electron chi connectivity index (χ0n) is 12.7. The van der Waals surface area contributed by atoms with Gasteiger partial charge in [-0.3, -0.25) is 4.79 Å². The molecule has 1 unspecified atom stereocenters. The second-order valence-electron chi connectivity index (χ2n) is 5.41. The lowest BCUT2D eigenvalue weighted by atomic mass is 10.1. The van der Waals surface area contributed by atoms with E-state index < -0.39 is 0 Å². The second kappa shape index (κ2) is 6.40. The predicted octanol–water partition coefficient (Wildman–Crippen LogP) is 3.73. The predicted molar refractivity (Wildman–Crippen MR) is 91.6 cm³/mol. The van der Waals surface area contributed by atoms with Gasteiger partial charge in [0, 0.05) is 34.8 Å². The van der Waals surface area contributed by atoms with Crippen molar-refractivity contribution < 1.29 is 0 Å². The Morgan fingerprint density at radius 2 is 2.14 bits per heavy atom. The highest BCUT2D eigenvalue weighted by molar-refractivity contribution is 7.99. The van der Waals surface area contributed by atoms with E-state index in [-0.39, 0.29) is 5.56 Å². The molecule has 0 bridgehead atoms. The summed E-state index contributed by atoms with van der Waals surface area (Å²) in [5.41, 5.74) is 2.99. The van der Waals surface area contributed by atoms with Crippen LogP contribution in [-0.4, -0.2) is 20.2 Å². The number of hydrogen-bond donors (Lipinski definition) is 2. The number of hydrogen-bond acceptors (Lipinski definition) is 3. The van der Waals surface area contributed by atoms with Crippen LogP contribution in [0.5, 0.6) is 0 Å². The quantitative estimate of drug-likeness (QED) is 0.557. The van der Waals surface area contributed by atoms with Crippen molar-refractivity contribution in [1.82, 2.24) is 15.0 Å². The van der Waals surface area contributed by atoms with Crippen molar-refractivity contribution in [2.24, 2.45) is 0 Å². The van der Waals surface area contributed by atoms with Gasteiger partial charge in [0.05, 0.1) is 5.69 Å². The van der Waals surface area contributed by atoms with Crippen LogP contribution < -0.4 is 5.56 Å². The summed E-state index contributed by atoms with van der Waals surface area (Å²) in [7, 11) is 0. The van der Waals surface area contributed by atoms with E-state index in [4.69, 9.17) is 0 Å². The van der Waals surface area contributed by atoms with Crippen LogP contribution in [0, 0.1) is 0 Å². The molecular formula is C17H19N3OS. The highest BCUT2D eigenvalue weighted by atomic mass is 32.2. The number of aromatic amines is 2. The summed E-state index contributed by atoms with van der Waals surface area (Å²) >= 11 is 1.61. The highest BCUT2D eigenvalue weighted by Gasteiger charge is 2.09. The van der Waals surface area contributed by atoms with Crippen molar-refractivity contribution in [3.05, 3.63) is 58.1 Å². The summed E-state index contributed by atoms with van der Waals surface area (Å²) < 4.78 is 0. The molecule has 3 aromatic rings. The van der Waals surface area contributed by atoms with E-state index in [1.807, 2.05) is 24.4 Å². The molecule has 0 radical (unpaired) electrons. The molecule has 0 amide bonds. The Bertz CT molecular complexity index is 837. The van der Waals surface area contributed by atoms with E-state index in [1.165, 1.54) is 5.39 Å². The number of benzene rings is 1. The number of H-pyrrole nitrogens is 2. The smallest absolute Gasteiger partial charge is 0.251 e. The van der Waals surface area contributed by atoms with Crippen molar-refractivity contribution in [2.75, 3.05) is 0 Å². The molecule has 0 aliphatic rings. The van der Waals surface area contributed by atoms with Gasteiger partial charge in [-0.25, -0.2) is 4.98 Å². The minimum Gasteiger partial charge on any atom is -0.361 e. The molecule has 5 heteroatoms. The zero-order valence-corrected chi connectivity index (χ0v) is 13.5. The summed E-state index contributed by atoms with van der Waals surface area (Å²) in [5, 5.41) is 2.32. The minimum atomic E-state index is -0.0874. The molecular weight excluding hydrogens is 294 g/mol. The number of aromatic nitrogens is 3. The van der Waals surface area contributed by atoms with Gasteiger partial charge >= 0.3 is 0 Å². The maximum absolute atomic E-state index is 11.9. The Morgan fingerprint density at radius 1 is 1.32 bits per heavy atom. The van der Waals surface area contributed by atoms with Crippen LogP contribution in [0.25, 0.3) is 10.9 Å². The number of nitrogens with one attached hydrogen (secondary N) is 2. The Morgan fingerprint density at radius 3 is 2.95 bits per heavy atom. The zero-order chi connectivity index (χ0) is 15.5. The van der Waals surface area contributed by atoms with Gasteiger partial charge in [0.2, 0.25) is 0 Å². The molecule has 1 aromatic carbocycles. The van der Waals surface area contributed by atoms with Gasteiger partial charge in [0.15, 0.2) is 5.16 Å². The van der Waals surface area contributed by atoms with Gasteiger partial charge in [0.1, 0.15) is 0 Å². The topological polar surface area (TPSA) is 61.5 Å². The average Bonchev–Trinajstić information content (AvgIpc) is 2.90. The first-order valence-corrected chi connectivity index (χ1v) is 8.35. The Balaban J connectivity index is 1.90. The highest BCUT2D eigenvalue weighted by Crippen LogP contribution is 2.22.